The zero-order chi connectivity index (χ0) is 14.7. The quantitative estimate of drug-likeness (QED) is 0.455. The van der Waals surface area contributed by atoms with Crippen LogP contribution in [0, 0.1) is 20.6 Å². The van der Waals surface area contributed by atoms with Crippen molar-refractivity contribution >= 4 is 45.6 Å². The van der Waals surface area contributed by atoms with E-state index < -0.39 is 0 Å². The summed E-state index contributed by atoms with van der Waals surface area (Å²) in [6.07, 6.45) is 0. The van der Waals surface area contributed by atoms with Gasteiger partial charge in [0.1, 0.15) is 0 Å². The molecule has 0 bridgehead atoms. The van der Waals surface area contributed by atoms with Crippen LogP contribution in [0.3, 0.4) is 0 Å². The molecule has 0 heterocycles. The molecule has 0 saturated carbocycles. The Balaban J connectivity index is 2.15. The van der Waals surface area contributed by atoms with Crippen molar-refractivity contribution < 1.29 is 4.92 Å². The van der Waals surface area contributed by atoms with Gasteiger partial charge in [-0.05, 0) is 53.3 Å². The molecule has 104 valence electrons. The van der Waals surface area contributed by atoms with Gasteiger partial charge in [0.2, 0.25) is 0 Å². The molecule has 0 spiro atoms. The third-order valence-electron chi connectivity index (χ3n) is 2.88. The van der Waals surface area contributed by atoms with E-state index in [1.165, 1.54) is 0 Å². The number of rotatable bonds is 4. The average Bonchev–Trinajstić information content (AvgIpc) is 2.39. The van der Waals surface area contributed by atoms with Gasteiger partial charge in [0.15, 0.2) is 0 Å². The van der Waals surface area contributed by atoms with Crippen molar-refractivity contribution in [2.24, 2.45) is 0 Å². The summed E-state index contributed by atoms with van der Waals surface area (Å²) < 4.78 is 1.06. The highest BCUT2D eigenvalue weighted by atomic mass is 127. The fraction of sp³-hybridized carbons (Fsp3) is 0.143. The summed E-state index contributed by atoms with van der Waals surface area (Å²) in [5, 5.41) is 14.7. The molecule has 0 aliphatic carbocycles. The highest BCUT2D eigenvalue weighted by molar-refractivity contribution is 14.1. The van der Waals surface area contributed by atoms with Crippen molar-refractivity contribution in [2.45, 2.75) is 13.5 Å². The Morgan fingerprint density at radius 1 is 1.30 bits per heavy atom. The minimum atomic E-state index is -0.364. The van der Waals surface area contributed by atoms with E-state index in [1.54, 1.807) is 19.1 Å². The van der Waals surface area contributed by atoms with E-state index in [0.29, 0.717) is 17.1 Å². The van der Waals surface area contributed by atoms with E-state index in [0.717, 1.165) is 14.8 Å². The molecule has 0 aliphatic rings. The van der Waals surface area contributed by atoms with Gasteiger partial charge in [-0.15, -0.1) is 0 Å². The Kier molecular flexibility index (Phi) is 4.82. The lowest BCUT2D eigenvalue weighted by atomic mass is 10.1. The number of nitrogens with zero attached hydrogens (tertiary/aromatic N) is 1. The van der Waals surface area contributed by atoms with Crippen molar-refractivity contribution in [1.29, 1.82) is 0 Å². The van der Waals surface area contributed by atoms with Crippen molar-refractivity contribution in [3.63, 3.8) is 0 Å². The van der Waals surface area contributed by atoms with E-state index in [1.807, 2.05) is 24.3 Å². The molecule has 0 aliphatic heterocycles. The highest BCUT2D eigenvalue weighted by Crippen LogP contribution is 2.25. The molecule has 4 nitrogen and oxygen atoms in total. The van der Waals surface area contributed by atoms with Gasteiger partial charge in [-0.1, -0.05) is 23.7 Å². The summed E-state index contributed by atoms with van der Waals surface area (Å²) in [7, 11) is 0. The maximum absolute atomic E-state index is 10.9. The van der Waals surface area contributed by atoms with E-state index in [9.17, 15) is 10.1 Å². The number of aryl methyl sites for hydroxylation is 1. The molecule has 0 unspecified atom stereocenters. The molecule has 0 aromatic heterocycles. The van der Waals surface area contributed by atoms with Crippen molar-refractivity contribution in [1.82, 2.24) is 0 Å². The summed E-state index contributed by atoms with van der Waals surface area (Å²) in [5.41, 5.74) is 2.45. The van der Waals surface area contributed by atoms with Gasteiger partial charge in [0.25, 0.3) is 5.69 Å². The second-order valence-electron chi connectivity index (χ2n) is 4.36. The summed E-state index contributed by atoms with van der Waals surface area (Å²) in [6, 6.07) is 10.9. The van der Waals surface area contributed by atoms with Gasteiger partial charge in [0, 0.05) is 21.7 Å². The molecule has 2 aromatic rings. The minimum absolute atomic E-state index is 0.137. The lowest BCUT2D eigenvalue weighted by molar-refractivity contribution is -0.385. The van der Waals surface area contributed by atoms with Crippen LogP contribution in [0.1, 0.15) is 11.1 Å². The molecule has 0 saturated heterocycles. The zero-order valence-electron chi connectivity index (χ0n) is 10.7. The highest BCUT2D eigenvalue weighted by Gasteiger charge is 2.11. The molecule has 2 rings (SSSR count). The zero-order valence-corrected chi connectivity index (χ0v) is 13.6. The second kappa shape index (κ2) is 6.41. The maximum atomic E-state index is 10.9. The minimum Gasteiger partial charge on any atom is -0.380 e. The Morgan fingerprint density at radius 3 is 2.70 bits per heavy atom. The van der Waals surface area contributed by atoms with Gasteiger partial charge in [-0.3, -0.25) is 10.1 Å². The topological polar surface area (TPSA) is 55.2 Å². The molecule has 0 atom stereocenters. The number of nitrogens with one attached hydrogen (secondary N) is 1. The number of hydrogen-bond acceptors (Lipinski definition) is 3. The predicted molar refractivity (Wildman–Crippen MR) is 89.3 cm³/mol. The number of hydrogen-bond donors (Lipinski definition) is 1. The Morgan fingerprint density at radius 2 is 2.05 bits per heavy atom. The number of nitro groups is 1. The van der Waals surface area contributed by atoms with Crippen LogP contribution in [0.25, 0.3) is 0 Å². The van der Waals surface area contributed by atoms with Gasteiger partial charge in [-0.2, -0.15) is 0 Å². The van der Waals surface area contributed by atoms with Crippen molar-refractivity contribution in [2.75, 3.05) is 5.32 Å². The standard InChI is InChI=1S/C14H12ClIN2O2/c1-9-2-3-10(6-14(9)18(19)20)8-17-13-5-4-11(16)7-12(13)15/h2-7,17H,8H2,1H3. The summed E-state index contributed by atoms with van der Waals surface area (Å²) in [5.74, 6) is 0. The predicted octanol–water partition coefficient (Wildman–Crippen LogP) is 4.77. The van der Waals surface area contributed by atoms with Crippen LogP contribution < -0.4 is 5.32 Å². The van der Waals surface area contributed by atoms with E-state index in [4.69, 9.17) is 11.6 Å². The Labute approximate surface area is 135 Å². The molecule has 0 amide bonds. The van der Waals surface area contributed by atoms with E-state index in [2.05, 4.69) is 27.9 Å². The van der Waals surface area contributed by atoms with Gasteiger partial charge < -0.3 is 5.32 Å². The summed E-state index contributed by atoms with van der Waals surface area (Å²) >= 11 is 8.32. The van der Waals surface area contributed by atoms with Crippen LogP contribution in [0.4, 0.5) is 11.4 Å². The van der Waals surface area contributed by atoms with Crippen LogP contribution >= 0.6 is 34.2 Å². The molecule has 20 heavy (non-hydrogen) atoms. The van der Waals surface area contributed by atoms with Crippen LogP contribution in [0.15, 0.2) is 36.4 Å². The normalized spacial score (nSPS) is 10.3. The fourth-order valence-electron chi connectivity index (χ4n) is 1.79. The molecule has 1 N–H and O–H groups in total. The summed E-state index contributed by atoms with van der Waals surface area (Å²) in [6.45, 7) is 2.22. The van der Waals surface area contributed by atoms with E-state index in [-0.39, 0.29) is 10.6 Å². The summed E-state index contributed by atoms with van der Waals surface area (Å²) in [4.78, 5) is 10.5. The SMILES string of the molecule is Cc1ccc(CNc2ccc(I)cc2Cl)cc1[N+](=O)[O-]. The fourth-order valence-corrected chi connectivity index (χ4v) is 2.71. The van der Waals surface area contributed by atoms with Gasteiger partial charge >= 0.3 is 0 Å². The Hall–Kier alpha value is -1.34. The molecular formula is C14H12ClIN2O2. The molecule has 6 heteroatoms. The van der Waals surface area contributed by atoms with Gasteiger partial charge in [0.05, 0.1) is 15.6 Å². The van der Waals surface area contributed by atoms with Crippen molar-refractivity contribution in [3.05, 3.63) is 66.2 Å². The monoisotopic (exact) mass is 402 g/mol. The number of anilines is 1. The molecule has 0 radical (unpaired) electrons. The van der Waals surface area contributed by atoms with E-state index >= 15 is 0 Å². The number of benzene rings is 2. The lowest BCUT2D eigenvalue weighted by Gasteiger charge is -2.09. The maximum Gasteiger partial charge on any atom is 0.272 e. The first-order valence-corrected chi connectivity index (χ1v) is 7.36. The van der Waals surface area contributed by atoms with Crippen LogP contribution in [0.2, 0.25) is 5.02 Å². The molecule has 0 fully saturated rings. The second-order valence-corrected chi connectivity index (χ2v) is 6.01. The largest absolute Gasteiger partial charge is 0.380 e. The first-order valence-electron chi connectivity index (χ1n) is 5.90. The van der Waals surface area contributed by atoms with Crippen LogP contribution in [-0.4, -0.2) is 4.92 Å². The van der Waals surface area contributed by atoms with Crippen LogP contribution in [-0.2, 0) is 6.54 Å². The number of nitro benzene ring substituents is 1. The third-order valence-corrected chi connectivity index (χ3v) is 3.87. The lowest BCUT2D eigenvalue weighted by Crippen LogP contribution is -2.01. The number of halogens is 2. The van der Waals surface area contributed by atoms with Crippen molar-refractivity contribution in [3.8, 4) is 0 Å². The first kappa shape index (κ1) is 15.1. The van der Waals surface area contributed by atoms with Crippen LogP contribution in [0.5, 0.6) is 0 Å². The third kappa shape index (κ3) is 3.61. The molecule has 2 aromatic carbocycles. The average molecular weight is 403 g/mol. The van der Waals surface area contributed by atoms with Gasteiger partial charge in [-0.25, -0.2) is 0 Å². The Bertz CT molecular complexity index is 662. The smallest absolute Gasteiger partial charge is 0.272 e. The molecular weight excluding hydrogens is 391 g/mol. The first-order chi connectivity index (χ1) is 9.47.